The monoisotopic (exact) mass is 364 g/mol. The second kappa shape index (κ2) is 14.9. The minimum absolute atomic E-state index is 0.0492. The molecule has 0 radical (unpaired) electrons. The highest BCUT2D eigenvalue weighted by Crippen LogP contribution is 2.22. The predicted molar refractivity (Wildman–Crippen MR) is 110 cm³/mol. The lowest BCUT2D eigenvalue weighted by Crippen LogP contribution is -2.10. The van der Waals surface area contributed by atoms with Crippen molar-refractivity contribution in [2.45, 2.75) is 109 Å². The first-order chi connectivity index (χ1) is 12.6. The number of benzene rings is 1. The van der Waals surface area contributed by atoms with Crippen LogP contribution in [0.3, 0.4) is 0 Å². The summed E-state index contributed by atoms with van der Waals surface area (Å²) in [4.78, 5) is 0. The van der Waals surface area contributed by atoms with Gasteiger partial charge in [-0.15, -0.1) is 0 Å². The predicted octanol–water partition coefficient (Wildman–Crippen LogP) is 6.48. The van der Waals surface area contributed by atoms with E-state index >= 15 is 0 Å². The van der Waals surface area contributed by atoms with E-state index in [0.717, 1.165) is 18.4 Å². The Morgan fingerprint density at radius 2 is 1.08 bits per heavy atom. The first-order valence-corrected chi connectivity index (χ1v) is 10.8. The van der Waals surface area contributed by atoms with Gasteiger partial charge in [0.25, 0.3) is 0 Å². The van der Waals surface area contributed by atoms with Crippen LogP contribution in [0.4, 0.5) is 0 Å². The fraction of sp³-hybridized carbons (Fsp3) is 0.739. The summed E-state index contributed by atoms with van der Waals surface area (Å²) in [5, 5.41) is 29.0. The summed E-state index contributed by atoms with van der Waals surface area (Å²) in [6.45, 7) is 2.27. The van der Waals surface area contributed by atoms with Gasteiger partial charge in [-0.05, 0) is 30.5 Å². The Morgan fingerprint density at radius 1 is 0.654 bits per heavy atom. The maximum Gasteiger partial charge on any atom is 0.119 e. The van der Waals surface area contributed by atoms with Gasteiger partial charge in [-0.1, -0.05) is 90.4 Å². The summed E-state index contributed by atoms with van der Waals surface area (Å²) in [7, 11) is 0. The second-order valence-corrected chi connectivity index (χ2v) is 7.75. The third kappa shape index (κ3) is 12.2. The summed E-state index contributed by atoms with van der Waals surface area (Å²) < 4.78 is 0. The Bertz CT molecular complexity index is 439. The average molecular weight is 365 g/mol. The zero-order chi connectivity index (χ0) is 19.0. The van der Waals surface area contributed by atoms with E-state index in [1.165, 1.54) is 83.1 Å². The summed E-state index contributed by atoms with van der Waals surface area (Å²) in [5.41, 5.74) is 0.782. The van der Waals surface area contributed by atoms with Crippen molar-refractivity contribution in [1.29, 1.82) is 0 Å². The lowest BCUT2D eigenvalue weighted by Gasteiger charge is -2.11. The van der Waals surface area contributed by atoms with Gasteiger partial charge in [-0.3, -0.25) is 0 Å². The first-order valence-electron chi connectivity index (χ1n) is 10.8. The lowest BCUT2D eigenvalue weighted by atomic mass is 10.0. The van der Waals surface area contributed by atoms with Crippen LogP contribution in [0.2, 0.25) is 0 Å². The van der Waals surface area contributed by atoms with E-state index in [1.807, 2.05) is 0 Å². The fourth-order valence-corrected chi connectivity index (χ4v) is 3.55. The van der Waals surface area contributed by atoms with Gasteiger partial charge in [0.05, 0.1) is 6.10 Å². The summed E-state index contributed by atoms with van der Waals surface area (Å²) in [5.74, 6) is 0.0984. The van der Waals surface area contributed by atoms with Crippen molar-refractivity contribution in [3.8, 4) is 11.5 Å². The van der Waals surface area contributed by atoms with Gasteiger partial charge < -0.3 is 15.3 Å². The Hall–Kier alpha value is -1.22. The molecule has 0 aromatic heterocycles. The molecule has 0 saturated heterocycles. The molecule has 3 nitrogen and oxygen atoms in total. The molecule has 3 heteroatoms. The molecule has 1 atom stereocenters. The van der Waals surface area contributed by atoms with E-state index in [9.17, 15) is 15.3 Å². The van der Waals surface area contributed by atoms with Crippen LogP contribution in [-0.2, 0) is 6.42 Å². The van der Waals surface area contributed by atoms with Gasteiger partial charge in [0.1, 0.15) is 11.5 Å². The van der Waals surface area contributed by atoms with Gasteiger partial charge in [0.2, 0.25) is 0 Å². The molecule has 26 heavy (non-hydrogen) atoms. The van der Waals surface area contributed by atoms with Crippen LogP contribution in [-0.4, -0.2) is 21.4 Å². The van der Waals surface area contributed by atoms with E-state index in [0.29, 0.717) is 6.42 Å². The molecule has 0 aliphatic rings. The zero-order valence-corrected chi connectivity index (χ0v) is 16.8. The first kappa shape index (κ1) is 22.8. The second-order valence-electron chi connectivity index (χ2n) is 7.75. The van der Waals surface area contributed by atoms with Crippen LogP contribution in [0.25, 0.3) is 0 Å². The minimum atomic E-state index is -0.399. The maximum absolute atomic E-state index is 10.1. The number of unbranched alkanes of at least 4 members (excludes halogenated alkanes) is 12. The molecule has 0 fully saturated rings. The molecule has 1 aromatic rings. The number of aliphatic hydroxyl groups is 1. The molecular formula is C23H40O3. The maximum atomic E-state index is 10.1. The SMILES string of the molecule is CCCCCCCCCCCCCCCC(O)Cc1cc(O)cc(O)c1. The summed E-state index contributed by atoms with van der Waals surface area (Å²) >= 11 is 0. The highest BCUT2D eigenvalue weighted by Gasteiger charge is 2.07. The smallest absolute Gasteiger partial charge is 0.119 e. The van der Waals surface area contributed by atoms with Crippen LogP contribution in [0.5, 0.6) is 11.5 Å². The van der Waals surface area contributed by atoms with Crippen molar-refractivity contribution in [2.24, 2.45) is 0 Å². The van der Waals surface area contributed by atoms with Gasteiger partial charge in [-0.2, -0.15) is 0 Å². The minimum Gasteiger partial charge on any atom is -0.508 e. The van der Waals surface area contributed by atoms with Crippen LogP contribution in [0, 0.1) is 0 Å². The van der Waals surface area contributed by atoms with E-state index in [1.54, 1.807) is 12.1 Å². The molecule has 1 rings (SSSR count). The van der Waals surface area contributed by atoms with Crippen molar-refractivity contribution >= 4 is 0 Å². The van der Waals surface area contributed by atoms with Crippen molar-refractivity contribution in [3.05, 3.63) is 23.8 Å². The molecule has 0 aliphatic heterocycles. The van der Waals surface area contributed by atoms with E-state index < -0.39 is 6.10 Å². The van der Waals surface area contributed by atoms with E-state index in [-0.39, 0.29) is 11.5 Å². The fourth-order valence-electron chi connectivity index (χ4n) is 3.55. The number of hydrogen-bond donors (Lipinski definition) is 3. The quantitative estimate of drug-likeness (QED) is 0.294. The van der Waals surface area contributed by atoms with Crippen molar-refractivity contribution in [2.75, 3.05) is 0 Å². The number of aliphatic hydroxyl groups excluding tert-OH is 1. The Balaban J connectivity index is 1.91. The van der Waals surface area contributed by atoms with E-state index in [4.69, 9.17) is 0 Å². The average Bonchev–Trinajstić information content (AvgIpc) is 2.58. The largest absolute Gasteiger partial charge is 0.508 e. The van der Waals surface area contributed by atoms with Crippen LogP contribution in [0.1, 0.15) is 102 Å². The topological polar surface area (TPSA) is 60.7 Å². The van der Waals surface area contributed by atoms with Crippen molar-refractivity contribution in [1.82, 2.24) is 0 Å². The molecule has 0 bridgehead atoms. The van der Waals surface area contributed by atoms with Gasteiger partial charge >= 0.3 is 0 Å². The molecule has 1 unspecified atom stereocenters. The molecular weight excluding hydrogens is 324 g/mol. The van der Waals surface area contributed by atoms with Crippen LogP contribution < -0.4 is 0 Å². The third-order valence-corrected chi connectivity index (χ3v) is 5.07. The van der Waals surface area contributed by atoms with Crippen LogP contribution >= 0.6 is 0 Å². The van der Waals surface area contributed by atoms with Gasteiger partial charge in [0.15, 0.2) is 0 Å². The molecule has 150 valence electrons. The molecule has 0 amide bonds. The Morgan fingerprint density at radius 3 is 1.54 bits per heavy atom. The number of phenols is 2. The molecule has 0 heterocycles. The Kier molecular flexibility index (Phi) is 13.1. The van der Waals surface area contributed by atoms with Gasteiger partial charge in [0, 0.05) is 6.07 Å². The third-order valence-electron chi connectivity index (χ3n) is 5.07. The molecule has 0 saturated carbocycles. The number of hydrogen-bond acceptors (Lipinski definition) is 3. The summed E-state index contributed by atoms with van der Waals surface area (Å²) in [6.07, 6.45) is 18.1. The van der Waals surface area contributed by atoms with Gasteiger partial charge in [-0.25, -0.2) is 0 Å². The molecule has 0 spiro atoms. The van der Waals surface area contributed by atoms with E-state index in [2.05, 4.69) is 6.92 Å². The number of aromatic hydroxyl groups is 2. The van der Waals surface area contributed by atoms with Crippen LogP contribution in [0.15, 0.2) is 18.2 Å². The number of rotatable bonds is 16. The van der Waals surface area contributed by atoms with Crippen molar-refractivity contribution < 1.29 is 15.3 Å². The molecule has 3 N–H and O–H groups in total. The summed E-state index contributed by atoms with van der Waals surface area (Å²) in [6, 6.07) is 4.52. The standard InChI is InChI=1S/C23H40O3/c1-2-3-4-5-6-7-8-9-10-11-12-13-14-15-21(24)16-20-17-22(25)19-23(26)18-20/h17-19,21,24-26H,2-16H2,1H3. The Labute approximate surface area is 160 Å². The normalized spacial score (nSPS) is 12.4. The number of phenolic OH excluding ortho intramolecular Hbond substituents is 2. The van der Waals surface area contributed by atoms with Crippen molar-refractivity contribution in [3.63, 3.8) is 0 Å². The lowest BCUT2D eigenvalue weighted by molar-refractivity contribution is 0.160. The molecule has 1 aromatic carbocycles. The zero-order valence-electron chi connectivity index (χ0n) is 16.8. The highest BCUT2D eigenvalue weighted by molar-refractivity contribution is 5.36. The molecule has 0 aliphatic carbocycles. The highest BCUT2D eigenvalue weighted by atomic mass is 16.3.